The lowest BCUT2D eigenvalue weighted by molar-refractivity contribution is 0.567. The van der Waals surface area contributed by atoms with E-state index in [2.05, 4.69) is 24.5 Å². The van der Waals surface area contributed by atoms with Gasteiger partial charge in [-0.2, -0.15) is 0 Å². The zero-order chi connectivity index (χ0) is 17.8. The Morgan fingerprint density at radius 2 is 2.00 bits per heavy atom. The maximum absolute atomic E-state index is 14.7. The average molecular weight is 339 g/mol. The van der Waals surface area contributed by atoms with Crippen molar-refractivity contribution in [3.63, 3.8) is 0 Å². The van der Waals surface area contributed by atoms with Crippen molar-refractivity contribution >= 4 is 11.4 Å². The molecule has 0 spiro atoms. The number of hydrogen-bond donors (Lipinski definition) is 2. The molecule has 0 amide bonds. The first-order chi connectivity index (χ1) is 12.1. The first-order valence-corrected chi connectivity index (χ1v) is 8.88. The Bertz CT molecular complexity index is 742. The van der Waals surface area contributed by atoms with E-state index in [4.69, 9.17) is 0 Å². The highest BCUT2D eigenvalue weighted by Crippen LogP contribution is 2.28. The van der Waals surface area contributed by atoms with Gasteiger partial charge in [-0.3, -0.25) is 0 Å². The van der Waals surface area contributed by atoms with Gasteiger partial charge in [-0.15, -0.1) is 0 Å². The van der Waals surface area contributed by atoms with Crippen LogP contribution >= 0.6 is 0 Å². The summed E-state index contributed by atoms with van der Waals surface area (Å²) >= 11 is 0. The molecule has 2 aromatic rings. The topological polar surface area (TPSA) is 27.3 Å². The summed E-state index contributed by atoms with van der Waals surface area (Å²) in [6.45, 7) is 4.24. The molecule has 25 heavy (non-hydrogen) atoms. The van der Waals surface area contributed by atoms with Crippen molar-refractivity contribution in [2.45, 2.75) is 38.8 Å². The van der Waals surface area contributed by atoms with Gasteiger partial charge >= 0.3 is 0 Å². The summed E-state index contributed by atoms with van der Waals surface area (Å²) < 4.78 is 14.7. The van der Waals surface area contributed by atoms with Gasteiger partial charge in [-0.25, -0.2) is 4.39 Å². The fourth-order valence-electron chi connectivity index (χ4n) is 3.18. The molecule has 0 saturated heterocycles. The number of nitrogens with one attached hydrogen (secondary N) is 2. The molecule has 1 heterocycles. The second kappa shape index (κ2) is 7.60. The molecular weight excluding hydrogens is 313 g/mol. The molecule has 2 unspecified atom stereocenters. The SMILES string of the molecule is CCC1CC(NC(C)c2ccc(N(C)c3ccccc3)c(F)c2)=CN1. The zero-order valence-electron chi connectivity index (χ0n) is 15.1. The summed E-state index contributed by atoms with van der Waals surface area (Å²) in [5.74, 6) is -0.206. The van der Waals surface area contributed by atoms with E-state index in [0.29, 0.717) is 11.7 Å². The Balaban J connectivity index is 1.71. The fraction of sp³-hybridized carbons (Fsp3) is 0.333. The molecule has 1 aliphatic rings. The van der Waals surface area contributed by atoms with Crippen molar-refractivity contribution in [2.24, 2.45) is 0 Å². The van der Waals surface area contributed by atoms with Crippen LogP contribution in [0.3, 0.4) is 0 Å². The van der Waals surface area contributed by atoms with Gasteiger partial charge in [-0.05, 0) is 43.2 Å². The Hall–Kier alpha value is -2.49. The van der Waals surface area contributed by atoms with Crippen LogP contribution < -0.4 is 15.5 Å². The van der Waals surface area contributed by atoms with Crippen LogP contribution in [0.25, 0.3) is 0 Å². The number of anilines is 2. The van der Waals surface area contributed by atoms with Crippen LogP contribution in [0.2, 0.25) is 0 Å². The van der Waals surface area contributed by atoms with E-state index < -0.39 is 0 Å². The van der Waals surface area contributed by atoms with Gasteiger partial charge in [0.25, 0.3) is 0 Å². The zero-order valence-corrected chi connectivity index (χ0v) is 15.1. The van der Waals surface area contributed by atoms with Crippen LogP contribution in [-0.4, -0.2) is 13.1 Å². The molecule has 132 valence electrons. The number of benzene rings is 2. The number of para-hydroxylation sites is 1. The molecule has 0 fully saturated rings. The molecule has 0 radical (unpaired) electrons. The lowest BCUT2D eigenvalue weighted by Crippen LogP contribution is -2.20. The monoisotopic (exact) mass is 339 g/mol. The summed E-state index contributed by atoms with van der Waals surface area (Å²) in [5.41, 5.74) is 3.68. The van der Waals surface area contributed by atoms with Crippen molar-refractivity contribution < 1.29 is 4.39 Å². The van der Waals surface area contributed by atoms with E-state index in [-0.39, 0.29) is 11.9 Å². The number of hydrogen-bond acceptors (Lipinski definition) is 3. The van der Waals surface area contributed by atoms with Crippen molar-refractivity contribution in [2.75, 3.05) is 11.9 Å². The summed E-state index contributed by atoms with van der Waals surface area (Å²) in [7, 11) is 1.88. The van der Waals surface area contributed by atoms with Crippen LogP contribution in [-0.2, 0) is 0 Å². The Kier molecular flexibility index (Phi) is 5.27. The summed E-state index contributed by atoms with van der Waals surface area (Å²) in [6.07, 6.45) is 4.14. The minimum absolute atomic E-state index is 0.0641. The van der Waals surface area contributed by atoms with Crippen molar-refractivity contribution in [3.05, 3.63) is 71.8 Å². The smallest absolute Gasteiger partial charge is 0.147 e. The largest absolute Gasteiger partial charge is 0.386 e. The molecule has 0 bridgehead atoms. The van der Waals surface area contributed by atoms with Crippen LogP contribution in [0, 0.1) is 5.82 Å². The molecule has 2 N–H and O–H groups in total. The third kappa shape index (κ3) is 3.95. The van der Waals surface area contributed by atoms with Gasteiger partial charge in [0.2, 0.25) is 0 Å². The van der Waals surface area contributed by atoms with E-state index in [0.717, 1.165) is 24.1 Å². The third-order valence-corrected chi connectivity index (χ3v) is 4.83. The highest BCUT2D eigenvalue weighted by Gasteiger charge is 2.17. The molecule has 2 atom stereocenters. The lowest BCUT2D eigenvalue weighted by Gasteiger charge is -2.22. The molecule has 0 saturated carbocycles. The molecule has 0 aromatic heterocycles. The first-order valence-electron chi connectivity index (χ1n) is 8.88. The lowest BCUT2D eigenvalue weighted by atomic mass is 10.1. The van der Waals surface area contributed by atoms with E-state index in [9.17, 15) is 4.39 Å². The Morgan fingerprint density at radius 1 is 1.24 bits per heavy atom. The first kappa shape index (κ1) is 17.3. The fourth-order valence-corrected chi connectivity index (χ4v) is 3.18. The highest BCUT2D eigenvalue weighted by molar-refractivity contribution is 5.63. The van der Waals surface area contributed by atoms with Gasteiger partial charge in [-0.1, -0.05) is 31.2 Å². The van der Waals surface area contributed by atoms with E-state index in [1.807, 2.05) is 60.6 Å². The average Bonchev–Trinajstić information content (AvgIpc) is 3.09. The van der Waals surface area contributed by atoms with Gasteiger partial charge in [0.05, 0.1) is 5.69 Å². The Labute approximate surface area is 149 Å². The van der Waals surface area contributed by atoms with Gasteiger partial charge in [0, 0.05) is 43.1 Å². The number of halogens is 1. The van der Waals surface area contributed by atoms with Gasteiger partial charge in [0.1, 0.15) is 5.82 Å². The van der Waals surface area contributed by atoms with Crippen LogP contribution in [0.5, 0.6) is 0 Å². The third-order valence-electron chi connectivity index (χ3n) is 4.83. The van der Waals surface area contributed by atoms with E-state index in [1.54, 1.807) is 6.07 Å². The molecule has 1 aliphatic heterocycles. The summed E-state index contributed by atoms with van der Waals surface area (Å²) in [4.78, 5) is 1.87. The van der Waals surface area contributed by atoms with Gasteiger partial charge in [0.15, 0.2) is 0 Å². The highest BCUT2D eigenvalue weighted by atomic mass is 19.1. The van der Waals surface area contributed by atoms with Gasteiger partial charge < -0.3 is 15.5 Å². The predicted octanol–water partition coefficient (Wildman–Crippen LogP) is 4.86. The van der Waals surface area contributed by atoms with Crippen molar-refractivity contribution in [1.82, 2.24) is 10.6 Å². The normalized spacial score (nSPS) is 17.6. The summed E-state index contributed by atoms with van der Waals surface area (Å²) in [5, 5.41) is 6.85. The standard InChI is InChI=1S/C21H26FN3/c1-4-17-13-18(14-23-17)24-15(2)16-10-11-21(20(22)12-16)25(3)19-8-6-5-7-9-19/h5-12,14-15,17,23-24H,4,13H2,1-3H3. The minimum atomic E-state index is -0.206. The maximum Gasteiger partial charge on any atom is 0.147 e. The molecule has 0 aliphatic carbocycles. The van der Waals surface area contributed by atoms with Crippen LogP contribution in [0.4, 0.5) is 15.8 Å². The Morgan fingerprint density at radius 3 is 2.64 bits per heavy atom. The van der Waals surface area contributed by atoms with Crippen LogP contribution in [0.15, 0.2) is 60.4 Å². The quantitative estimate of drug-likeness (QED) is 0.787. The van der Waals surface area contributed by atoms with Crippen molar-refractivity contribution in [3.8, 4) is 0 Å². The molecule has 4 heteroatoms. The minimum Gasteiger partial charge on any atom is -0.386 e. The second-order valence-corrected chi connectivity index (χ2v) is 6.62. The molecule has 2 aromatic carbocycles. The van der Waals surface area contributed by atoms with Crippen molar-refractivity contribution in [1.29, 1.82) is 0 Å². The van der Waals surface area contributed by atoms with E-state index in [1.165, 1.54) is 5.70 Å². The van der Waals surface area contributed by atoms with Crippen LogP contribution in [0.1, 0.15) is 38.3 Å². The molecular formula is C21H26FN3. The van der Waals surface area contributed by atoms with E-state index >= 15 is 0 Å². The molecule has 3 rings (SSSR count). The maximum atomic E-state index is 14.7. The second-order valence-electron chi connectivity index (χ2n) is 6.62. The molecule has 3 nitrogen and oxygen atoms in total. The number of rotatable bonds is 6. The predicted molar refractivity (Wildman–Crippen MR) is 102 cm³/mol. The number of nitrogens with zero attached hydrogens (tertiary/aromatic N) is 1. The summed E-state index contributed by atoms with van der Waals surface area (Å²) in [6, 6.07) is 15.9.